The summed E-state index contributed by atoms with van der Waals surface area (Å²) in [6, 6.07) is 4.75. The highest BCUT2D eigenvalue weighted by molar-refractivity contribution is 5.37. The van der Waals surface area contributed by atoms with Crippen molar-refractivity contribution in [2.75, 3.05) is 0 Å². The van der Waals surface area contributed by atoms with E-state index in [1.165, 1.54) is 6.07 Å². The molecule has 3 heteroatoms. The maximum atomic E-state index is 13.9. The quantitative estimate of drug-likeness (QED) is 0.889. The molecule has 1 aliphatic rings. The van der Waals surface area contributed by atoms with E-state index >= 15 is 0 Å². The second-order valence-corrected chi connectivity index (χ2v) is 6.43. The van der Waals surface area contributed by atoms with Gasteiger partial charge in [-0.2, -0.15) is 0 Å². The molecule has 106 valence electrons. The molecule has 0 saturated heterocycles. The summed E-state index contributed by atoms with van der Waals surface area (Å²) in [5.74, 6) is 0.0434. The summed E-state index contributed by atoms with van der Waals surface area (Å²) >= 11 is 0. The van der Waals surface area contributed by atoms with Crippen LogP contribution in [-0.4, -0.2) is 6.10 Å². The summed E-state index contributed by atoms with van der Waals surface area (Å²) in [6.07, 6.45) is 4.33. The molecule has 0 amide bonds. The fraction of sp³-hybridized carbons (Fsp3) is 0.625. The Hall–Kier alpha value is -1.09. The highest BCUT2D eigenvalue weighted by Gasteiger charge is 2.29. The van der Waals surface area contributed by atoms with Gasteiger partial charge in [0.2, 0.25) is 0 Å². The lowest BCUT2D eigenvalue weighted by molar-refractivity contribution is 0.0941. The highest BCUT2D eigenvalue weighted by Crippen LogP contribution is 2.38. The van der Waals surface area contributed by atoms with Crippen molar-refractivity contribution in [3.63, 3.8) is 0 Å². The topological polar surface area (TPSA) is 35.2 Å². The Labute approximate surface area is 115 Å². The van der Waals surface area contributed by atoms with Crippen LogP contribution < -0.4 is 10.5 Å². The van der Waals surface area contributed by atoms with Gasteiger partial charge in [-0.05, 0) is 44.1 Å². The minimum Gasteiger partial charge on any atom is -0.487 e. The molecule has 0 bridgehead atoms. The molecule has 0 heterocycles. The van der Waals surface area contributed by atoms with Gasteiger partial charge in [-0.1, -0.05) is 26.0 Å². The third-order valence-electron chi connectivity index (χ3n) is 4.06. The third kappa shape index (κ3) is 3.47. The van der Waals surface area contributed by atoms with Gasteiger partial charge >= 0.3 is 0 Å². The van der Waals surface area contributed by atoms with E-state index in [4.69, 9.17) is 10.5 Å². The zero-order valence-corrected chi connectivity index (χ0v) is 12.1. The monoisotopic (exact) mass is 265 g/mol. The van der Waals surface area contributed by atoms with E-state index < -0.39 is 0 Å². The summed E-state index contributed by atoms with van der Waals surface area (Å²) in [4.78, 5) is 0. The number of ether oxygens (including phenoxy) is 1. The van der Waals surface area contributed by atoms with Crippen LogP contribution in [0.5, 0.6) is 5.75 Å². The van der Waals surface area contributed by atoms with Crippen LogP contribution >= 0.6 is 0 Å². The molecule has 1 aromatic rings. The molecule has 1 unspecified atom stereocenters. The van der Waals surface area contributed by atoms with Crippen LogP contribution in [0.15, 0.2) is 18.2 Å². The molecule has 1 aromatic carbocycles. The number of rotatable bonds is 3. The number of halogens is 1. The van der Waals surface area contributed by atoms with Crippen LogP contribution in [0.3, 0.4) is 0 Å². The van der Waals surface area contributed by atoms with Crippen molar-refractivity contribution in [1.29, 1.82) is 0 Å². The first kappa shape index (κ1) is 14.3. The molecule has 2 rings (SSSR count). The van der Waals surface area contributed by atoms with Crippen LogP contribution in [0.25, 0.3) is 0 Å². The standard InChI is InChI=1S/C16H24FNO/c1-11(18)13-5-4-6-14(17)15(13)19-12-7-9-16(2,3)10-8-12/h4-6,11-12H,7-10,18H2,1-3H3. The minimum atomic E-state index is -0.306. The van der Waals surface area contributed by atoms with E-state index in [-0.39, 0.29) is 18.0 Å². The fourth-order valence-electron chi connectivity index (χ4n) is 2.67. The Morgan fingerprint density at radius 2 is 1.95 bits per heavy atom. The molecule has 0 spiro atoms. The van der Waals surface area contributed by atoms with Gasteiger partial charge in [0.05, 0.1) is 6.10 Å². The minimum absolute atomic E-state index is 0.113. The van der Waals surface area contributed by atoms with E-state index in [1.807, 2.05) is 13.0 Å². The Morgan fingerprint density at radius 1 is 1.32 bits per heavy atom. The van der Waals surface area contributed by atoms with Crippen LogP contribution in [0, 0.1) is 11.2 Å². The van der Waals surface area contributed by atoms with Crippen molar-refractivity contribution in [2.24, 2.45) is 11.1 Å². The lowest BCUT2D eigenvalue weighted by Crippen LogP contribution is -2.29. The van der Waals surface area contributed by atoms with Crippen molar-refractivity contribution < 1.29 is 9.13 Å². The predicted octanol–water partition coefficient (Wildman–Crippen LogP) is 4.19. The molecule has 1 saturated carbocycles. The van der Waals surface area contributed by atoms with E-state index in [9.17, 15) is 4.39 Å². The molecule has 0 aromatic heterocycles. The van der Waals surface area contributed by atoms with Crippen molar-refractivity contribution >= 4 is 0 Å². The first-order valence-electron chi connectivity index (χ1n) is 7.10. The molecular weight excluding hydrogens is 241 g/mol. The zero-order chi connectivity index (χ0) is 14.0. The first-order chi connectivity index (χ1) is 8.89. The Kier molecular flexibility index (Phi) is 4.14. The lowest BCUT2D eigenvalue weighted by atomic mass is 9.76. The second kappa shape index (κ2) is 5.49. The van der Waals surface area contributed by atoms with Crippen LogP contribution in [0.2, 0.25) is 0 Å². The van der Waals surface area contributed by atoms with E-state index in [2.05, 4.69) is 13.8 Å². The van der Waals surface area contributed by atoms with Crippen molar-refractivity contribution in [3.8, 4) is 5.75 Å². The summed E-state index contributed by atoms with van der Waals surface area (Å²) in [7, 11) is 0. The number of para-hydroxylation sites is 1. The first-order valence-corrected chi connectivity index (χ1v) is 7.10. The summed E-state index contributed by atoms with van der Waals surface area (Å²) in [6.45, 7) is 6.41. The van der Waals surface area contributed by atoms with E-state index in [0.29, 0.717) is 11.2 Å². The van der Waals surface area contributed by atoms with Gasteiger partial charge < -0.3 is 10.5 Å². The SMILES string of the molecule is CC(N)c1cccc(F)c1OC1CCC(C)(C)CC1. The second-order valence-electron chi connectivity index (χ2n) is 6.43. The number of hydrogen-bond acceptors (Lipinski definition) is 2. The largest absolute Gasteiger partial charge is 0.487 e. The van der Waals surface area contributed by atoms with Gasteiger partial charge in [-0.3, -0.25) is 0 Å². The fourth-order valence-corrected chi connectivity index (χ4v) is 2.67. The van der Waals surface area contributed by atoms with Gasteiger partial charge in [0.15, 0.2) is 11.6 Å². The molecule has 1 atom stereocenters. The molecule has 1 aliphatic carbocycles. The average Bonchev–Trinajstić information content (AvgIpc) is 2.33. The van der Waals surface area contributed by atoms with E-state index in [1.54, 1.807) is 6.07 Å². The molecule has 0 radical (unpaired) electrons. The Morgan fingerprint density at radius 3 is 2.53 bits per heavy atom. The van der Waals surface area contributed by atoms with Crippen molar-refractivity contribution in [3.05, 3.63) is 29.6 Å². The normalized spacial score (nSPS) is 21.1. The summed E-state index contributed by atoms with van der Waals surface area (Å²) < 4.78 is 19.9. The predicted molar refractivity (Wildman–Crippen MR) is 75.7 cm³/mol. The van der Waals surface area contributed by atoms with Crippen molar-refractivity contribution in [2.45, 2.75) is 58.6 Å². The number of nitrogens with two attached hydrogens (primary N) is 1. The summed E-state index contributed by atoms with van der Waals surface area (Å²) in [5, 5.41) is 0. The lowest BCUT2D eigenvalue weighted by Gasteiger charge is -2.34. The molecule has 19 heavy (non-hydrogen) atoms. The van der Waals surface area contributed by atoms with Crippen molar-refractivity contribution in [1.82, 2.24) is 0 Å². The smallest absolute Gasteiger partial charge is 0.165 e. The van der Waals surface area contributed by atoms with Gasteiger partial charge in [-0.25, -0.2) is 4.39 Å². The molecular formula is C16H24FNO. The maximum Gasteiger partial charge on any atom is 0.165 e. The number of hydrogen-bond donors (Lipinski definition) is 1. The van der Waals surface area contributed by atoms with Crippen LogP contribution in [-0.2, 0) is 0 Å². The maximum absolute atomic E-state index is 13.9. The van der Waals surface area contributed by atoms with Crippen LogP contribution in [0.4, 0.5) is 4.39 Å². The van der Waals surface area contributed by atoms with Gasteiger partial charge in [0.25, 0.3) is 0 Å². The van der Waals surface area contributed by atoms with Crippen LogP contribution in [0.1, 0.15) is 58.1 Å². The molecule has 0 aliphatic heterocycles. The summed E-state index contributed by atoms with van der Waals surface area (Å²) in [5.41, 5.74) is 7.03. The third-order valence-corrected chi connectivity index (χ3v) is 4.06. The zero-order valence-electron chi connectivity index (χ0n) is 12.1. The molecule has 2 nitrogen and oxygen atoms in total. The van der Waals surface area contributed by atoms with Gasteiger partial charge in [0, 0.05) is 11.6 Å². The highest BCUT2D eigenvalue weighted by atomic mass is 19.1. The van der Waals surface area contributed by atoms with Gasteiger partial charge in [-0.15, -0.1) is 0 Å². The molecule has 1 fully saturated rings. The van der Waals surface area contributed by atoms with E-state index in [0.717, 1.165) is 31.2 Å². The average molecular weight is 265 g/mol. The molecule has 2 N–H and O–H groups in total. The Balaban J connectivity index is 2.11. The Bertz CT molecular complexity index is 432. The number of benzene rings is 1. The van der Waals surface area contributed by atoms with Gasteiger partial charge in [0.1, 0.15) is 0 Å².